The van der Waals surface area contributed by atoms with E-state index < -0.39 is 5.97 Å². The molecule has 0 bridgehead atoms. The van der Waals surface area contributed by atoms with Gasteiger partial charge in [0, 0.05) is 5.92 Å². The van der Waals surface area contributed by atoms with Gasteiger partial charge in [-0.1, -0.05) is 12.8 Å². The predicted octanol–water partition coefficient (Wildman–Crippen LogP) is 1.92. The van der Waals surface area contributed by atoms with E-state index in [9.17, 15) is 4.79 Å². The van der Waals surface area contributed by atoms with E-state index in [2.05, 4.69) is 12.8 Å². The summed E-state index contributed by atoms with van der Waals surface area (Å²) in [5, 5.41) is 8.79. The van der Waals surface area contributed by atoms with E-state index in [0.717, 1.165) is 11.5 Å². The molecule has 1 aliphatic carbocycles. The van der Waals surface area contributed by atoms with Gasteiger partial charge in [0.25, 0.3) is 0 Å². The third-order valence-electron chi connectivity index (χ3n) is 3.21. The Labute approximate surface area is 107 Å². The minimum atomic E-state index is -0.882. The van der Waals surface area contributed by atoms with Crippen LogP contribution in [0.4, 0.5) is 0 Å². The molecule has 1 N–H and O–H groups in total. The quantitative estimate of drug-likeness (QED) is 0.780. The molecule has 2 atom stereocenters. The van der Waals surface area contributed by atoms with Crippen molar-refractivity contribution < 1.29 is 14.3 Å². The zero-order chi connectivity index (χ0) is 13.1. The summed E-state index contributed by atoms with van der Waals surface area (Å²) in [6.45, 7) is 2.88. The summed E-state index contributed by atoms with van der Waals surface area (Å²) in [4.78, 5) is 12.4. The number of hydrogen-bond acceptors (Lipinski definition) is 3. The topological polar surface area (TPSA) is 53.7 Å². The first-order chi connectivity index (χ1) is 8.60. The fourth-order valence-electron chi connectivity index (χ4n) is 2.11. The summed E-state index contributed by atoms with van der Waals surface area (Å²) >= 11 is 0. The second-order valence-corrected chi connectivity index (χ2v) is 4.87. The van der Waals surface area contributed by atoms with Crippen molar-refractivity contribution in [3.8, 4) is 12.3 Å². The molecule has 0 spiro atoms. The van der Waals surface area contributed by atoms with Gasteiger partial charge in [0.05, 0.1) is 19.6 Å². The highest BCUT2D eigenvalue weighted by atomic mass is 16.4. The lowest BCUT2D eigenvalue weighted by Crippen LogP contribution is -2.29. The number of carboxylic acid groups (broad SMARTS) is 1. The van der Waals surface area contributed by atoms with Gasteiger partial charge in [-0.05, 0) is 24.5 Å². The first-order valence-electron chi connectivity index (χ1n) is 6.06. The van der Waals surface area contributed by atoms with Crippen molar-refractivity contribution in [3.05, 3.63) is 23.7 Å². The van der Waals surface area contributed by atoms with Gasteiger partial charge in [0.1, 0.15) is 11.5 Å². The number of aliphatic carboxylic acids is 1. The molecule has 96 valence electrons. The van der Waals surface area contributed by atoms with E-state index in [1.165, 1.54) is 6.42 Å². The molecule has 0 saturated heterocycles. The summed E-state index contributed by atoms with van der Waals surface area (Å²) in [7, 11) is 0. The second kappa shape index (κ2) is 5.28. The van der Waals surface area contributed by atoms with Crippen LogP contribution in [0.15, 0.2) is 16.5 Å². The van der Waals surface area contributed by atoms with Gasteiger partial charge in [-0.25, -0.2) is 0 Å². The van der Waals surface area contributed by atoms with Crippen molar-refractivity contribution in [3.63, 3.8) is 0 Å². The average molecular weight is 247 g/mol. The van der Waals surface area contributed by atoms with Crippen molar-refractivity contribution in [1.29, 1.82) is 0 Å². The van der Waals surface area contributed by atoms with Gasteiger partial charge in [0.2, 0.25) is 0 Å². The average Bonchev–Trinajstić information content (AvgIpc) is 2.84. The molecule has 1 aromatic rings. The van der Waals surface area contributed by atoms with E-state index in [1.54, 1.807) is 4.90 Å². The Morgan fingerprint density at radius 2 is 2.39 bits per heavy atom. The Morgan fingerprint density at radius 1 is 1.67 bits per heavy atom. The molecule has 4 nitrogen and oxygen atoms in total. The number of rotatable bonds is 6. The highest BCUT2D eigenvalue weighted by Gasteiger charge is 2.36. The lowest BCUT2D eigenvalue weighted by Gasteiger charge is -2.15. The molecule has 2 rings (SSSR count). The molecule has 0 amide bonds. The van der Waals surface area contributed by atoms with E-state index in [1.807, 2.05) is 12.1 Å². The number of carbonyl (C=O) groups is 1. The molecule has 0 aliphatic heterocycles. The van der Waals surface area contributed by atoms with Crippen LogP contribution < -0.4 is 0 Å². The minimum Gasteiger partial charge on any atom is -0.480 e. The lowest BCUT2D eigenvalue weighted by atomic mass is 10.3. The first-order valence-corrected chi connectivity index (χ1v) is 6.06. The summed E-state index contributed by atoms with van der Waals surface area (Å²) in [5.41, 5.74) is 0. The Hall–Kier alpha value is -1.73. The Balaban J connectivity index is 1.96. The number of furan rings is 1. The Bertz CT molecular complexity index is 472. The standard InChI is InChI=1S/C14H17NO3/c1-3-6-15(9-14(16)17)8-11-4-5-13(18-11)12-7-10(12)2/h1,4-5,10,12H,6-9H2,2H3,(H,16,17). The number of terminal acetylenes is 1. The normalized spacial score (nSPS) is 21.8. The summed E-state index contributed by atoms with van der Waals surface area (Å²) < 4.78 is 5.73. The molecule has 2 unspecified atom stereocenters. The molecular formula is C14H17NO3. The summed E-state index contributed by atoms with van der Waals surface area (Å²) in [5.74, 6) is 4.61. The van der Waals surface area contributed by atoms with Crippen LogP contribution in [0.2, 0.25) is 0 Å². The van der Waals surface area contributed by atoms with Crippen LogP contribution in [0.3, 0.4) is 0 Å². The van der Waals surface area contributed by atoms with Gasteiger partial charge in [-0.3, -0.25) is 9.69 Å². The van der Waals surface area contributed by atoms with Gasteiger partial charge in [0.15, 0.2) is 0 Å². The Kier molecular flexibility index (Phi) is 3.73. The molecule has 1 aliphatic rings. The van der Waals surface area contributed by atoms with Crippen molar-refractivity contribution in [2.45, 2.75) is 25.8 Å². The molecule has 1 saturated carbocycles. The molecule has 0 aromatic carbocycles. The molecule has 1 fully saturated rings. The maximum absolute atomic E-state index is 10.7. The van der Waals surface area contributed by atoms with Crippen LogP contribution in [0.25, 0.3) is 0 Å². The van der Waals surface area contributed by atoms with Crippen LogP contribution in [0, 0.1) is 18.3 Å². The maximum Gasteiger partial charge on any atom is 0.317 e. The van der Waals surface area contributed by atoms with Crippen LogP contribution in [0.5, 0.6) is 0 Å². The van der Waals surface area contributed by atoms with Crippen molar-refractivity contribution in [1.82, 2.24) is 4.90 Å². The highest BCUT2D eigenvalue weighted by molar-refractivity contribution is 5.69. The van der Waals surface area contributed by atoms with Gasteiger partial charge in [-0.15, -0.1) is 6.42 Å². The van der Waals surface area contributed by atoms with E-state index >= 15 is 0 Å². The molecule has 1 aromatic heterocycles. The maximum atomic E-state index is 10.7. The van der Waals surface area contributed by atoms with Gasteiger partial charge < -0.3 is 9.52 Å². The lowest BCUT2D eigenvalue weighted by molar-refractivity contribution is -0.138. The first kappa shape index (κ1) is 12.7. The van der Waals surface area contributed by atoms with Crippen molar-refractivity contribution in [2.24, 2.45) is 5.92 Å². The van der Waals surface area contributed by atoms with E-state index in [4.69, 9.17) is 15.9 Å². The fraction of sp³-hybridized carbons (Fsp3) is 0.500. The van der Waals surface area contributed by atoms with Gasteiger partial charge >= 0.3 is 5.97 Å². The van der Waals surface area contributed by atoms with Crippen molar-refractivity contribution in [2.75, 3.05) is 13.1 Å². The number of hydrogen-bond donors (Lipinski definition) is 1. The molecule has 18 heavy (non-hydrogen) atoms. The molecule has 0 radical (unpaired) electrons. The van der Waals surface area contributed by atoms with Gasteiger partial charge in [-0.2, -0.15) is 0 Å². The third-order valence-corrected chi connectivity index (χ3v) is 3.21. The Morgan fingerprint density at radius 3 is 2.94 bits per heavy atom. The van der Waals surface area contributed by atoms with Crippen LogP contribution in [0.1, 0.15) is 30.8 Å². The summed E-state index contributed by atoms with van der Waals surface area (Å²) in [6, 6.07) is 3.89. The van der Waals surface area contributed by atoms with Crippen LogP contribution in [-0.4, -0.2) is 29.1 Å². The second-order valence-electron chi connectivity index (χ2n) is 4.87. The third kappa shape index (κ3) is 3.14. The zero-order valence-corrected chi connectivity index (χ0v) is 10.4. The monoisotopic (exact) mass is 247 g/mol. The minimum absolute atomic E-state index is 0.0694. The molecule has 4 heteroatoms. The number of carboxylic acids is 1. The molecule has 1 heterocycles. The molecular weight excluding hydrogens is 230 g/mol. The van der Waals surface area contributed by atoms with Crippen molar-refractivity contribution >= 4 is 5.97 Å². The predicted molar refractivity (Wildman–Crippen MR) is 67.0 cm³/mol. The van der Waals surface area contributed by atoms with E-state index in [-0.39, 0.29) is 6.54 Å². The highest BCUT2D eigenvalue weighted by Crippen LogP contribution is 2.47. The SMILES string of the molecule is C#CCN(CC(=O)O)Cc1ccc(C2CC2C)o1. The van der Waals surface area contributed by atoms with Crippen LogP contribution >= 0.6 is 0 Å². The van der Waals surface area contributed by atoms with E-state index in [0.29, 0.717) is 24.9 Å². The fourth-order valence-corrected chi connectivity index (χ4v) is 2.11. The zero-order valence-electron chi connectivity index (χ0n) is 10.4. The smallest absolute Gasteiger partial charge is 0.317 e. The number of nitrogens with zero attached hydrogens (tertiary/aromatic N) is 1. The summed E-state index contributed by atoms with van der Waals surface area (Å²) in [6.07, 6.45) is 6.40. The largest absolute Gasteiger partial charge is 0.480 e. The van der Waals surface area contributed by atoms with Crippen LogP contribution in [-0.2, 0) is 11.3 Å².